The largest absolute Gasteiger partial charge is 0.393 e. The lowest BCUT2D eigenvalue weighted by Gasteiger charge is -2.30. The fraction of sp³-hybridized carbons (Fsp3) is 0.571. The smallest absolute Gasteiger partial charge is 0.222 e. The zero-order chi connectivity index (χ0) is 15.7. The van der Waals surface area contributed by atoms with E-state index in [0.717, 1.165) is 29.1 Å². The Balaban J connectivity index is 1.71. The minimum Gasteiger partial charge on any atom is -0.393 e. The van der Waals surface area contributed by atoms with Crippen molar-refractivity contribution in [1.82, 2.24) is 19.6 Å². The van der Waals surface area contributed by atoms with Crippen molar-refractivity contribution in [3.63, 3.8) is 0 Å². The fourth-order valence-corrected chi connectivity index (χ4v) is 3.30. The summed E-state index contributed by atoms with van der Waals surface area (Å²) in [7, 11) is 0. The first-order chi connectivity index (χ1) is 10.5. The van der Waals surface area contributed by atoms with E-state index in [1.54, 1.807) is 0 Å². The standard InChI is InChI=1S/C14H20N6OS/c1-7(2)13-11(22-20-19-13)6-16-12-5-10(17-14(15)18-12)8-3-9(21)4-8/h5,7-9,21H,3-4,6H2,1-2H3,(H3,15,16,17,18). The van der Waals surface area contributed by atoms with Gasteiger partial charge in [0, 0.05) is 12.0 Å². The molecule has 8 heteroatoms. The molecule has 7 nitrogen and oxygen atoms in total. The molecule has 0 bridgehead atoms. The Morgan fingerprint density at radius 1 is 1.41 bits per heavy atom. The normalized spacial score (nSPS) is 20.9. The first-order valence-corrected chi connectivity index (χ1v) is 8.17. The van der Waals surface area contributed by atoms with Gasteiger partial charge in [-0.1, -0.05) is 18.3 Å². The highest BCUT2D eigenvalue weighted by molar-refractivity contribution is 7.05. The number of nitrogens with zero attached hydrogens (tertiary/aromatic N) is 4. The van der Waals surface area contributed by atoms with Crippen molar-refractivity contribution in [2.45, 2.75) is 51.2 Å². The molecule has 118 valence electrons. The second kappa shape index (κ2) is 6.13. The number of nitrogens with one attached hydrogen (secondary N) is 1. The number of aliphatic hydroxyl groups is 1. The van der Waals surface area contributed by atoms with E-state index in [9.17, 15) is 5.11 Å². The minimum atomic E-state index is -0.213. The number of rotatable bonds is 5. The van der Waals surface area contributed by atoms with Gasteiger partial charge in [0.05, 0.1) is 28.9 Å². The topological polar surface area (TPSA) is 110 Å². The van der Waals surface area contributed by atoms with Crippen molar-refractivity contribution in [3.8, 4) is 0 Å². The minimum absolute atomic E-state index is 0.213. The highest BCUT2D eigenvalue weighted by Gasteiger charge is 2.30. The highest BCUT2D eigenvalue weighted by atomic mass is 32.1. The molecule has 0 radical (unpaired) electrons. The molecule has 22 heavy (non-hydrogen) atoms. The van der Waals surface area contributed by atoms with Crippen LogP contribution in [0.2, 0.25) is 0 Å². The third kappa shape index (κ3) is 3.17. The van der Waals surface area contributed by atoms with E-state index in [1.807, 2.05) is 6.07 Å². The van der Waals surface area contributed by atoms with Crippen LogP contribution in [0.25, 0.3) is 0 Å². The molecule has 1 aliphatic rings. The predicted octanol–water partition coefficient (Wildman–Crippen LogP) is 1.88. The third-order valence-corrected chi connectivity index (χ3v) is 4.59. The number of hydrogen-bond donors (Lipinski definition) is 3. The van der Waals surface area contributed by atoms with Crippen LogP contribution in [-0.4, -0.2) is 30.8 Å². The summed E-state index contributed by atoms with van der Waals surface area (Å²) in [6, 6.07) is 1.91. The summed E-state index contributed by atoms with van der Waals surface area (Å²) in [5.41, 5.74) is 7.70. The Labute approximate surface area is 133 Å². The van der Waals surface area contributed by atoms with Gasteiger partial charge in [0.15, 0.2) is 0 Å². The van der Waals surface area contributed by atoms with Gasteiger partial charge < -0.3 is 16.2 Å². The summed E-state index contributed by atoms with van der Waals surface area (Å²) in [4.78, 5) is 9.60. The highest BCUT2D eigenvalue weighted by Crippen LogP contribution is 2.36. The average Bonchev–Trinajstić information content (AvgIpc) is 2.89. The van der Waals surface area contributed by atoms with Crippen LogP contribution in [-0.2, 0) is 6.54 Å². The zero-order valence-electron chi connectivity index (χ0n) is 12.7. The molecule has 0 aromatic carbocycles. The van der Waals surface area contributed by atoms with E-state index < -0.39 is 0 Å². The number of aliphatic hydroxyl groups excluding tert-OH is 1. The van der Waals surface area contributed by atoms with Crippen molar-refractivity contribution in [3.05, 3.63) is 22.3 Å². The Hall–Kier alpha value is -1.80. The van der Waals surface area contributed by atoms with Gasteiger partial charge in [0.1, 0.15) is 5.82 Å². The van der Waals surface area contributed by atoms with E-state index in [4.69, 9.17) is 5.73 Å². The summed E-state index contributed by atoms with van der Waals surface area (Å²) in [5, 5.41) is 16.9. The van der Waals surface area contributed by atoms with Gasteiger partial charge in [-0.15, -0.1) is 5.10 Å². The van der Waals surface area contributed by atoms with Gasteiger partial charge in [-0.2, -0.15) is 4.98 Å². The van der Waals surface area contributed by atoms with Crippen molar-refractivity contribution >= 4 is 23.3 Å². The third-order valence-electron chi connectivity index (χ3n) is 3.86. The maximum absolute atomic E-state index is 9.43. The number of hydrogen-bond acceptors (Lipinski definition) is 8. The molecule has 3 rings (SSSR count). The van der Waals surface area contributed by atoms with Gasteiger partial charge in [0.25, 0.3) is 0 Å². The van der Waals surface area contributed by atoms with Gasteiger partial charge in [0.2, 0.25) is 5.95 Å². The Morgan fingerprint density at radius 2 is 2.18 bits per heavy atom. The molecule has 1 aliphatic carbocycles. The first kappa shape index (κ1) is 15.1. The van der Waals surface area contributed by atoms with Gasteiger partial charge in [-0.05, 0) is 30.3 Å². The van der Waals surface area contributed by atoms with Crippen molar-refractivity contribution < 1.29 is 5.11 Å². The molecule has 0 saturated heterocycles. The Bertz CT molecular complexity index is 653. The lowest BCUT2D eigenvalue weighted by molar-refractivity contribution is 0.0732. The molecule has 0 atom stereocenters. The molecule has 0 unspecified atom stereocenters. The number of nitrogens with two attached hydrogens (primary N) is 1. The van der Waals surface area contributed by atoms with Crippen LogP contribution in [0.15, 0.2) is 6.07 Å². The van der Waals surface area contributed by atoms with Gasteiger partial charge in [-0.25, -0.2) is 4.98 Å². The van der Waals surface area contributed by atoms with Crippen molar-refractivity contribution in [2.24, 2.45) is 0 Å². The Kier molecular flexibility index (Phi) is 4.21. The molecule has 0 amide bonds. The average molecular weight is 320 g/mol. The molecule has 1 fully saturated rings. The van der Waals surface area contributed by atoms with Crippen LogP contribution in [0, 0.1) is 0 Å². The first-order valence-electron chi connectivity index (χ1n) is 7.40. The van der Waals surface area contributed by atoms with E-state index in [2.05, 4.69) is 38.7 Å². The molecular formula is C14H20N6OS. The lowest BCUT2D eigenvalue weighted by atomic mass is 9.80. The maximum Gasteiger partial charge on any atom is 0.222 e. The predicted molar refractivity (Wildman–Crippen MR) is 85.8 cm³/mol. The molecule has 1 saturated carbocycles. The number of anilines is 2. The lowest BCUT2D eigenvalue weighted by Crippen LogP contribution is -2.27. The van der Waals surface area contributed by atoms with Crippen LogP contribution in [0.5, 0.6) is 0 Å². The van der Waals surface area contributed by atoms with Crippen LogP contribution < -0.4 is 11.1 Å². The molecule has 0 aliphatic heterocycles. The molecular weight excluding hydrogens is 300 g/mol. The van der Waals surface area contributed by atoms with Crippen LogP contribution in [0.3, 0.4) is 0 Å². The maximum atomic E-state index is 9.43. The zero-order valence-corrected chi connectivity index (χ0v) is 13.5. The Morgan fingerprint density at radius 3 is 2.86 bits per heavy atom. The molecule has 0 spiro atoms. The van der Waals surface area contributed by atoms with E-state index in [-0.39, 0.29) is 18.0 Å². The van der Waals surface area contributed by atoms with Crippen LogP contribution in [0.1, 0.15) is 54.8 Å². The number of nitrogen functional groups attached to an aromatic ring is 1. The van der Waals surface area contributed by atoms with E-state index in [1.165, 1.54) is 11.5 Å². The summed E-state index contributed by atoms with van der Waals surface area (Å²) < 4.78 is 4.02. The van der Waals surface area contributed by atoms with Crippen molar-refractivity contribution in [2.75, 3.05) is 11.1 Å². The monoisotopic (exact) mass is 320 g/mol. The quantitative estimate of drug-likeness (QED) is 0.771. The summed E-state index contributed by atoms with van der Waals surface area (Å²) >= 11 is 1.40. The second-order valence-corrected chi connectivity index (χ2v) is 6.79. The van der Waals surface area contributed by atoms with Crippen LogP contribution in [0.4, 0.5) is 11.8 Å². The molecule has 2 heterocycles. The summed E-state index contributed by atoms with van der Waals surface area (Å²) in [5.74, 6) is 1.58. The fourth-order valence-electron chi connectivity index (χ4n) is 2.56. The molecule has 2 aromatic rings. The molecule has 4 N–H and O–H groups in total. The second-order valence-electron chi connectivity index (χ2n) is 5.95. The van der Waals surface area contributed by atoms with E-state index >= 15 is 0 Å². The van der Waals surface area contributed by atoms with Crippen molar-refractivity contribution in [1.29, 1.82) is 0 Å². The van der Waals surface area contributed by atoms with E-state index in [0.29, 0.717) is 18.3 Å². The van der Waals surface area contributed by atoms with Gasteiger partial charge in [-0.3, -0.25) is 0 Å². The SMILES string of the molecule is CC(C)c1nnsc1CNc1cc(C2CC(O)C2)nc(N)n1. The summed E-state index contributed by atoms with van der Waals surface area (Å²) in [6.45, 7) is 4.82. The number of aromatic nitrogens is 4. The summed E-state index contributed by atoms with van der Waals surface area (Å²) in [6.07, 6.45) is 1.27. The van der Waals surface area contributed by atoms with Crippen LogP contribution >= 0.6 is 11.5 Å². The van der Waals surface area contributed by atoms with Gasteiger partial charge >= 0.3 is 0 Å². The molecule has 2 aromatic heterocycles.